The molecule has 0 saturated carbocycles. The molecule has 6 bridgehead atoms. The van der Waals surface area contributed by atoms with Crippen LogP contribution in [0.5, 0.6) is 11.5 Å². The summed E-state index contributed by atoms with van der Waals surface area (Å²) in [5.41, 5.74) is 7.02. The van der Waals surface area contributed by atoms with Gasteiger partial charge in [-0.05, 0) is 114 Å². The van der Waals surface area contributed by atoms with Crippen molar-refractivity contribution in [3.63, 3.8) is 0 Å². The van der Waals surface area contributed by atoms with Crippen molar-refractivity contribution in [1.82, 2.24) is 19.7 Å². The minimum Gasteiger partial charge on any atom is -0.493 e. The zero-order valence-corrected chi connectivity index (χ0v) is 32.8. The predicted molar refractivity (Wildman–Crippen MR) is 211 cm³/mol. The van der Waals surface area contributed by atoms with Crippen molar-refractivity contribution in [2.24, 2.45) is 7.05 Å². The third kappa shape index (κ3) is 6.76. The number of rotatable bonds is 3. The van der Waals surface area contributed by atoms with E-state index in [1.807, 2.05) is 51.7 Å². The van der Waals surface area contributed by atoms with Gasteiger partial charge in [0.1, 0.15) is 11.5 Å². The van der Waals surface area contributed by atoms with Crippen LogP contribution in [0.1, 0.15) is 100 Å². The molecule has 53 heavy (non-hydrogen) atoms. The number of carboxylic acid groups (broad SMARTS) is 1. The number of hydrogen-bond acceptors (Lipinski definition) is 9. The molecular formula is C42H51N5O5S. The maximum atomic E-state index is 13.1. The summed E-state index contributed by atoms with van der Waals surface area (Å²) < 4.78 is 22.4. The molecule has 3 aliphatic rings. The van der Waals surface area contributed by atoms with E-state index >= 15 is 0 Å². The van der Waals surface area contributed by atoms with Crippen molar-refractivity contribution >= 4 is 43.6 Å². The molecule has 280 valence electrons. The van der Waals surface area contributed by atoms with Crippen molar-refractivity contribution in [3.8, 4) is 22.6 Å². The molecule has 4 unspecified atom stereocenters. The Morgan fingerprint density at radius 3 is 2.66 bits per heavy atom. The summed E-state index contributed by atoms with van der Waals surface area (Å²) in [6, 6.07) is 12.9. The maximum Gasteiger partial charge on any atom is 0.337 e. The van der Waals surface area contributed by atoms with E-state index in [2.05, 4.69) is 59.2 Å². The summed E-state index contributed by atoms with van der Waals surface area (Å²) in [5.74, 6) is 1.19. The number of benzene rings is 3. The van der Waals surface area contributed by atoms with Gasteiger partial charge in [0.25, 0.3) is 0 Å². The summed E-state index contributed by atoms with van der Waals surface area (Å²) in [6.07, 6.45) is 5.91. The Morgan fingerprint density at radius 1 is 1.06 bits per heavy atom. The number of hydrogen-bond donors (Lipinski definition) is 1. The van der Waals surface area contributed by atoms with Gasteiger partial charge in [-0.1, -0.05) is 29.9 Å². The van der Waals surface area contributed by atoms with Crippen molar-refractivity contribution in [2.75, 3.05) is 38.2 Å². The number of likely N-dealkylation sites (N-methyl/N-ethyl adjacent to an activating group) is 1. The second-order valence-corrected chi connectivity index (χ2v) is 17.2. The molecule has 8 rings (SSSR count). The average molecular weight is 738 g/mol. The fourth-order valence-electron chi connectivity index (χ4n) is 8.55. The van der Waals surface area contributed by atoms with Crippen molar-refractivity contribution < 1.29 is 24.1 Å². The third-order valence-corrected chi connectivity index (χ3v) is 12.4. The topological polar surface area (TPSA) is 102 Å². The van der Waals surface area contributed by atoms with Gasteiger partial charge in [0.05, 0.1) is 51.7 Å². The van der Waals surface area contributed by atoms with Crippen LogP contribution in [0.2, 0.25) is 0 Å². The number of piperazine rings is 1. The summed E-state index contributed by atoms with van der Waals surface area (Å²) in [5, 5.41) is 17.3. The Balaban J connectivity index is 1.33. The van der Waals surface area contributed by atoms with Crippen LogP contribution in [0.15, 0.2) is 42.6 Å². The van der Waals surface area contributed by atoms with E-state index in [9.17, 15) is 9.90 Å². The molecule has 5 heterocycles. The summed E-state index contributed by atoms with van der Waals surface area (Å²) in [7, 11) is 4.18. The number of thiazole rings is 1. The second kappa shape index (κ2) is 13.9. The standard InChI is InChI=1S/C42H51N5O5S/c1-24-20-31-39-36(35(24)38(40(48)49)52-42(3,4)5)27-12-15-34-29(21-27)26(16-19-50-34)11-9-8-10-25(2)51-37-28(13-14-32-30(37)22-43-46(32)7)33-23-47(18-17-45(33)6)41(44-31)53-39/h12-15,20-22,25-26,33,38H,8-11,16-19,23H2,1-7H3,(H,48,49). The molecule has 4 atom stereocenters. The van der Waals surface area contributed by atoms with Gasteiger partial charge in [0, 0.05) is 43.4 Å². The Morgan fingerprint density at radius 2 is 1.87 bits per heavy atom. The zero-order chi connectivity index (χ0) is 37.2. The number of carbonyl (C=O) groups is 1. The zero-order valence-electron chi connectivity index (χ0n) is 31.9. The first-order chi connectivity index (χ1) is 25.4. The quantitative estimate of drug-likeness (QED) is 0.195. The molecule has 0 spiro atoms. The number of nitrogens with zero attached hydrogens (tertiary/aromatic N) is 5. The van der Waals surface area contributed by atoms with Crippen molar-refractivity contribution in [3.05, 3.63) is 64.8 Å². The van der Waals surface area contributed by atoms with Crippen molar-refractivity contribution in [1.29, 1.82) is 0 Å². The smallest absolute Gasteiger partial charge is 0.337 e. The molecule has 0 aliphatic carbocycles. The lowest BCUT2D eigenvalue weighted by molar-refractivity contribution is -0.160. The molecule has 2 aromatic heterocycles. The molecule has 5 aromatic rings. The van der Waals surface area contributed by atoms with Gasteiger partial charge in [0.2, 0.25) is 0 Å². The molecule has 0 radical (unpaired) electrons. The van der Waals surface area contributed by atoms with E-state index in [-0.39, 0.29) is 12.1 Å². The van der Waals surface area contributed by atoms with Crippen LogP contribution in [0.4, 0.5) is 5.13 Å². The summed E-state index contributed by atoms with van der Waals surface area (Å²) in [6.45, 7) is 13.0. The first-order valence-corrected chi connectivity index (χ1v) is 19.9. The van der Waals surface area contributed by atoms with Crippen LogP contribution >= 0.6 is 11.3 Å². The Hall–Kier alpha value is -4.19. The van der Waals surface area contributed by atoms with Gasteiger partial charge in [-0.25, -0.2) is 9.78 Å². The minimum atomic E-state index is -1.15. The molecule has 0 amide bonds. The largest absolute Gasteiger partial charge is 0.493 e. The number of aryl methyl sites for hydroxylation is 2. The molecule has 10 nitrogen and oxygen atoms in total. The third-order valence-electron chi connectivity index (χ3n) is 11.3. The lowest BCUT2D eigenvalue weighted by Crippen LogP contribution is -2.46. The van der Waals surface area contributed by atoms with Gasteiger partial charge < -0.3 is 24.2 Å². The lowest BCUT2D eigenvalue weighted by atomic mass is 9.85. The summed E-state index contributed by atoms with van der Waals surface area (Å²) in [4.78, 5) is 23.2. The second-order valence-electron chi connectivity index (χ2n) is 16.2. The van der Waals surface area contributed by atoms with E-state index in [4.69, 9.17) is 19.2 Å². The van der Waals surface area contributed by atoms with Crippen LogP contribution < -0.4 is 14.4 Å². The molecule has 11 heteroatoms. The van der Waals surface area contributed by atoms with E-state index < -0.39 is 17.7 Å². The monoisotopic (exact) mass is 737 g/mol. The van der Waals surface area contributed by atoms with Crippen LogP contribution in [0.25, 0.3) is 32.2 Å². The highest BCUT2D eigenvalue weighted by atomic mass is 32.1. The van der Waals surface area contributed by atoms with E-state index in [1.54, 1.807) is 11.3 Å². The Kier molecular flexibility index (Phi) is 9.40. The fraction of sp³-hybridized carbons (Fsp3) is 0.500. The van der Waals surface area contributed by atoms with Crippen LogP contribution in [-0.4, -0.2) is 75.7 Å². The number of fused-ring (bicyclic) bond motifs is 10. The minimum absolute atomic E-state index is 0.0424. The first kappa shape index (κ1) is 35.8. The molecular weight excluding hydrogens is 687 g/mol. The SMILES string of the molecule is Cc1cc2nc3sc2c(c1C(OC(C)(C)C)C(=O)O)-c1ccc2c(c1)C(CCCCC(C)Oc1c(ccc4c1cnn4C)C1CN3CCN1C)CCO2. The van der Waals surface area contributed by atoms with Gasteiger partial charge in [-0.15, -0.1) is 0 Å². The highest BCUT2D eigenvalue weighted by Gasteiger charge is 2.35. The van der Waals surface area contributed by atoms with Gasteiger partial charge >= 0.3 is 5.97 Å². The number of aromatic nitrogens is 3. The molecule has 1 N–H and O–H groups in total. The van der Waals surface area contributed by atoms with Gasteiger partial charge in [-0.2, -0.15) is 5.10 Å². The molecule has 1 saturated heterocycles. The fourth-order valence-corrected chi connectivity index (χ4v) is 9.71. The average Bonchev–Trinajstić information content (AvgIpc) is 3.71. The number of anilines is 1. The van der Waals surface area contributed by atoms with E-state index in [1.165, 1.54) is 5.56 Å². The Labute approximate surface area is 315 Å². The molecule has 3 aliphatic heterocycles. The van der Waals surface area contributed by atoms with Gasteiger partial charge in [-0.3, -0.25) is 9.58 Å². The number of ether oxygens (including phenoxy) is 3. The van der Waals surface area contributed by atoms with E-state index in [0.29, 0.717) is 18.1 Å². The molecule has 3 aromatic carbocycles. The maximum absolute atomic E-state index is 13.1. The molecule has 1 fully saturated rings. The normalized spacial score (nSPS) is 21.7. The van der Waals surface area contributed by atoms with Gasteiger partial charge in [0.15, 0.2) is 11.2 Å². The van der Waals surface area contributed by atoms with Crippen LogP contribution in [-0.2, 0) is 16.6 Å². The summed E-state index contributed by atoms with van der Waals surface area (Å²) >= 11 is 1.64. The number of aliphatic carboxylic acids is 1. The first-order valence-electron chi connectivity index (χ1n) is 19.0. The lowest BCUT2D eigenvalue weighted by Gasteiger charge is -2.40. The Bertz CT molecular complexity index is 2190. The van der Waals surface area contributed by atoms with Crippen LogP contribution in [0, 0.1) is 6.92 Å². The van der Waals surface area contributed by atoms with Crippen LogP contribution in [0.3, 0.4) is 0 Å². The van der Waals surface area contributed by atoms with E-state index in [0.717, 1.165) is 112 Å². The predicted octanol–water partition coefficient (Wildman–Crippen LogP) is 8.80. The number of carboxylic acids is 1. The van der Waals surface area contributed by atoms with Crippen molar-refractivity contribution in [2.45, 2.75) is 96.5 Å². The highest BCUT2D eigenvalue weighted by molar-refractivity contribution is 7.22. The highest BCUT2D eigenvalue weighted by Crippen LogP contribution is 2.48.